The molecule has 0 fully saturated rings. The molecule has 0 aliphatic carbocycles. The predicted octanol–water partition coefficient (Wildman–Crippen LogP) is 6.15. The fraction of sp³-hybridized carbons (Fsp3) is 1.00. The van der Waals surface area contributed by atoms with Crippen molar-refractivity contribution in [3.05, 3.63) is 0 Å². The van der Waals surface area contributed by atoms with E-state index in [4.69, 9.17) is 3.07 Å². The van der Waals surface area contributed by atoms with E-state index in [2.05, 4.69) is 83.1 Å². The van der Waals surface area contributed by atoms with Gasteiger partial charge in [-0.2, -0.15) is 0 Å². The van der Waals surface area contributed by atoms with Gasteiger partial charge in [0.1, 0.15) is 0 Å². The maximum atomic E-state index is 6.93. The van der Waals surface area contributed by atoms with Gasteiger partial charge in [-0.15, -0.1) is 0 Å². The van der Waals surface area contributed by atoms with Crippen LogP contribution in [-0.2, 0) is 3.07 Å². The van der Waals surface area contributed by atoms with Crippen LogP contribution in [0.1, 0.15) is 83.1 Å². The first kappa shape index (κ1) is 18.8. The molecule has 0 N–H and O–H groups in total. The van der Waals surface area contributed by atoms with Crippen LogP contribution < -0.4 is 0 Å². The molecule has 0 aliphatic heterocycles. The van der Waals surface area contributed by atoms with Gasteiger partial charge in [-0.3, -0.25) is 0 Å². The van der Waals surface area contributed by atoms with Crippen LogP contribution in [0.4, 0.5) is 0 Å². The average molecular weight is 363 g/mol. The third kappa shape index (κ3) is 3.65. The van der Waals surface area contributed by atoms with E-state index in [1.54, 1.807) is 0 Å². The molecule has 110 valence electrons. The quantitative estimate of drug-likeness (QED) is 0.508. The zero-order valence-corrected chi connectivity index (χ0v) is 17.8. The third-order valence-corrected chi connectivity index (χ3v) is 24.3. The van der Waals surface area contributed by atoms with Crippen molar-refractivity contribution in [1.29, 1.82) is 0 Å². The molecule has 0 aromatic carbocycles. The molecule has 0 heterocycles. The Morgan fingerprint density at radius 1 is 0.500 bits per heavy atom. The molecule has 0 rings (SSSR count). The third-order valence-electron chi connectivity index (χ3n) is 3.63. The van der Waals surface area contributed by atoms with Crippen molar-refractivity contribution in [2.75, 3.05) is 0 Å². The van der Waals surface area contributed by atoms with Gasteiger partial charge in [0.05, 0.1) is 0 Å². The summed E-state index contributed by atoms with van der Waals surface area (Å²) in [6.07, 6.45) is 0. The van der Waals surface area contributed by atoms with Crippen molar-refractivity contribution in [1.82, 2.24) is 0 Å². The minimum absolute atomic E-state index is 0.0517. The van der Waals surface area contributed by atoms with Crippen LogP contribution in [0.5, 0.6) is 0 Å². The summed E-state index contributed by atoms with van der Waals surface area (Å²) in [5, 5.41) is 0. The molecule has 0 radical (unpaired) electrons. The summed E-state index contributed by atoms with van der Waals surface area (Å²) in [4.78, 5) is 0. The zero-order valence-electron chi connectivity index (χ0n) is 14.9. The van der Waals surface area contributed by atoms with Gasteiger partial charge in [-0.05, 0) is 0 Å². The van der Waals surface area contributed by atoms with Gasteiger partial charge in [0, 0.05) is 0 Å². The van der Waals surface area contributed by atoms with E-state index >= 15 is 0 Å². The second-order valence-corrected chi connectivity index (χ2v) is 27.0. The minimum atomic E-state index is -2.97. The van der Waals surface area contributed by atoms with Crippen molar-refractivity contribution in [3.8, 4) is 0 Å². The first-order chi connectivity index (χ1) is 7.46. The molecule has 0 atom stereocenters. The predicted molar refractivity (Wildman–Crippen MR) is 85.7 cm³/mol. The first-order valence-electron chi connectivity index (χ1n) is 7.16. The number of hydrogen-bond acceptors (Lipinski definition) is 1. The Labute approximate surface area is 120 Å². The molecule has 0 spiro atoms. The second-order valence-electron chi connectivity index (χ2n) is 9.65. The SMILES string of the molecule is CC(C)(C)[O][Sn]([C](C)(C)C)([C](C)(C)C)[C](C)(C)C. The Morgan fingerprint density at radius 3 is 0.778 bits per heavy atom. The number of hydrogen-bond donors (Lipinski definition) is 0. The van der Waals surface area contributed by atoms with Crippen molar-refractivity contribution in [3.63, 3.8) is 0 Å². The molecule has 0 aromatic rings. The molecule has 0 saturated carbocycles. The Morgan fingerprint density at radius 2 is 0.722 bits per heavy atom. The molecule has 0 saturated heterocycles. The van der Waals surface area contributed by atoms with Crippen molar-refractivity contribution in [2.45, 2.75) is 99.0 Å². The second kappa shape index (κ2) is 4.95. The Hall–Kier alpha value is 0.759. The zero-order chi connectivity index (χ0) is 15.2. The first-order valence-corrected chi connectivity index (χ1v) is 12.6. The summed E-state index contributed by atoms with van der Waals surface area (Å²) in [5.41, 5.74) is -0.0517. The van der Waals surface area contributed by atoms with Crippen molar-refractivity contribution >= 4 is 18.8 Å². The molecule has 1 nitrogen and oxygen atoms in total. The summed E-state index contributed by atoms with van der Waals surface area (Å²) >= 11 is -2.97. The van der Waals surface area contributed by atoms with Gasteiger partial charge >= 0.3 is 121 Å². The van der Waals surface area contributed by atoms with E-state index in [0.29, 0.717) is 0 Å². The van der Waals surface area contributed by atoms with Crippen LogP contribution in [0.25, 0.3) is 0 Å². The van der Waals surface area contributed by atoms with E-state index in [1.165, 1.54) is 0 Å². The van der Waals surface area contributed by atoms with Crippen LogP contribution >= 0.6 is 0 Å². The van der Waals surface area contributed by atoms with E-state index in [9.17, 15) is 0 Å². The van der Waals surface area contributed by atoms with Crippen LogP contribution in [-0.4, -0.2) is 24.4 Å². The van der Waals surface area contributed by atoms with Gasteiger partial charge in [0.25, 0.3) is 0 Å². The fourth-order valence-electron chi connectivity index (χ4n) is 4.29. The van der Waals surface area contributed by atoms with Crippen LogP contribution in [0.15, 0.2) is 0 Å². The van der Waals surface area contributed by atoms with Crippen molar-refractivity contribution < 1.29 is 3.07 Å². The molecule has 2 heteroatoms. The summed E-state index contributed by atoms with van der Waals surface area (Å²) in [6.45, 7) is 28.2. The normalized spacial score (nSPS) is 16.0. The van der Waals surface area contributed by atoms with E-state index in [-0.39, 0.29) is 15.9 Å². The van der Waals surface area contributed by atoms with Gasteiger partial charge in [-0.25, -0.2) is 0 Å². The van der Waals surface area contributed by atoms with E-state index in [0.717, 1.165) is 0 Å². The maximum absolute atomic E-state index is 6.93. The Balaban J connectivity index is 6.10. The van der Waals surface area contributed by atoms with Crippen LogP contribution in [0, 0.1) is 0 Å². The molecule has 0 unspecified atom stereocenters. The molecule has 0 amide bonds. The summed E-state index contributed by atoms with van der Waals surface area (Å²) in [7, 11) is 0. The standard InChI is InChI=1S/C4H9O.3C4H9.Sn/c1-4(2,3)5;3*1-4(2)3;/h1-3H3;3*1-3H3;/q-1;;;;+1. The fourth-order valence-corrected chi connectivity index (χ4v) is 28.8. The van der Waals surface area contributed by atoms with Gasteiger partial charge < -0.3 is 0 Å². The Kier molecular flexibility index (Phi) is 5.15. The Bertz CT molecular complexity index is 242. The molecule has 0 bridgehead atoms. The van der Waals surface area contributed by atoms with Gasteiger partial charge in [-0.1, -0.05) is 0 Å². The van der Waals surface area contributed by atoms with E-state index in [1.807, 2.05) is 0 Å². The van der Waals surface area contributed by atoms with Crippen LogP contribution in [0.2, 0.25) is 10.3 Å². The molecular formula is C16H36OSn. The van der Waals surface area contributed by atoms with Gasteiger partial charge in [0.15, 0.2) is 0 Å². The van der Waals surface area contributed by atoms with Crippen LogP contribution in [0.3, 0.4) is 0 Å². The monoisotopic (exact) mass is 364 g/mol. The number of rotatable bonds is 1. The molecule has 18 heavy (non-hydrogen) atoms. The van der Waals surface area contributed by atoms with Gasteiger partial charge in [0.2, 0.25) is 0 Å². The molecule has 0 aliphatic rings. The summed E-state index contributed by atoms with van der Waals surface area (Å²) in [6, 6.07) is 0. The summed E-state index contributed by atoms with van der Waals surface area (Å²) in [5.74, 6) is 0. The molecular weight excluding hydrogens is 327 g/mol. The van der Waals surface area contributed by atoms with Crippen molar-refractivity contribution in [2.24, 2.45) is 0 Å². The van der Waals surface area contributed by atoms with E-state index < -0.39 is 18.8 Å². The topological polar surface area (TPSA) is 9.23 Å². The molecule has 0 aromatic heterocycles. The summed E-state index contributed by atoms with van der Waals surface area (Å²) < 4.78 is 7.76. The average Bonchev–Trinajstić information content (AvgIpc) is 1.90.